The molecule has 3 heteroatoms. The maximum atomic E-state index is 10.9. The molecule has 0 amide bonds. The third-order valence-corrected chi connectivity index (χ3v) is 2.53. The van der Waals surface area contributed by atoms with E-state index in [4.69, 9.17) is 16.7 Å². The van der Waals surface area contributed by atoms with Crippen molar-refractivity contribution in [1.29, 1.82) is 0 Å². The van der Waals surface area contributed by atoms with Crippen molar-refractivity contribution >= 4 is 27.6 Å². The van der Waals surface area contributed by atoms with Gasteiger partial charge in [0.2, 0.25) is 0 Å². The van der Waals surface area contributed by atoms with Crippen molar-refractivity contribution in [3.8, 4) is 0 Å². The zero-order valence-electron chi connectivity index (χ0n) is 7.90. The molecule has 76 valence electrons. The van der Waals surface area contributed by atoms with Crippen LogP contribution in [-0.2, 0) is 6.61 Å². The second-order valence-corrected chi connectivity index (χ2v) is 3.67. The van der Waals surface area contributed by atoms with Crippen molar-refractivity contribution in [3.63, 3.8) is 0 Å². The van der Waals surface area contributed by atoms with Crippen molar-refractivity contribution in [2.45, 2.75) is 6.61 Å². The maximum absolute atomic E-state index is 10.9. The van der Waals surface area contributed by atoms with Crippen molar-refractivity contribution < 1.29 is 9.90 Å². The summed E-state index contributed by atoms with van der Waals surface area (Å²) in [7, 11) is 0. The number of hydrogen-bond acceptors (Lipinski definition) is 2. The molecule has 0 unspecified atom stereocenters. The zero-order valence-corrected chi connectivity index (χ0v) is 8.66. The Kier molecular flexibility index (Phi) is 2.71. The monoisotopic (exact) mass is 220 g/mol. The Morgan fingerprint density at radius 3 is 2.47 bits per heavy atom. The van der Waals surface area contributed by atoms with Gasteiger partial charge in [-0.25, -0.2) is 0 Å². The third kappa shape index (κ3) is 2.01. The summed E-state index contributed by atoms with van der Waals surface area (Å²) >= 11 is 5.38. The van der Waals surface area contributed by atoms with Gasteiger partial charge in [0.1, 0.15) is 0 Å². The predicted octanol–water partition coefficient (Wildman–Crippen LogP) is 2.71. The van der Waals surface area contributed by atoms with Crippen LogP contribution in [0.5, 0.6) is 0 Å². The third-order valence-electron chi connectivity index (χ3n) is 2.31. The van der Waals surface area contributed by atoms with Gasteiger partial charge in [-0.15, -0.1) is 0 Å². The lowest BCUT2D eigenvalue weighted by Crippen LogP contribution is -1.89. The molecule has 0 radical (unpaired) electrons. The summed E-state index contributed by atoms with van der Waals surface area (Å²) in [6.45, 7) is 0.0200. The summed E-state index contributed by atoms with van der Waals surface area (Å²) in [4.78, 5) is 10.9. The van der Waals surface area contributed by atoms with Gasteiger partial charge in [0.05, 0.1) is 6.61 Å². The lowest BCUT2D eigenvalue weighted by molar-refractivity contribution is 0.108. The van der Waals surface area contributed by atoms with Crippen molar-refractivity contribution in [1.82, 2.24) is 0 Å². The number of carbonyl (C=O) groups is 1. The fraction of sp³-hybridized carbons (Fsp3) is 0.0833. The number of carbonyl (C=O) groups excluding carboxylic acids is 1. The quantitative estimate of drug-likeness (QED) is 0.791. The van der Waals surface area contributed by atoms with Gasteiger partial charge >= 0.3 is 0 Å². The largest absolute Gasteiger partial charge is 0.392 e. The van der Waals surface area contributed by atoms with Gasteiger partial charge in [-0.1, -0.05) is 18.2 Å². The van der Waals surface area contributed by atoms with E-state index < -0.39 is 5.24 Å². The fourth-order valence-electron chi connectivity index (χ4n) is 1.52. The molecule has 0 aromatic heterocycles. The highest BCUT2D eigenvalue weighted by Crippen LogP contribution is 2.18. The van der Waals surface area contributed by atoms with E-state index in [0.717, 1.165) is 16.3 Å². The molecular formula is C12H9ClO2. The average Bonchev–Trinajstić information content (AvgIpc) is 2.27. The van der Waals surface area contributed by atoms with E-state index in [-0.39, 0.29) is 6.61 Å². The SMILES string of the molecule is O=C(Cl)c1ccc2cc(CO)ccc2c1. The predicted molar refractivity (Wildman–Crippen MR) is 60.1 cm³/mol. The second kappa shape index (κ2) is 4.01. The summed E-state index contributed by atoms with van der Waals surface area (Å²) in [5.74, 6) is 0. The number of fused-ring (bicyclic) bond motifs is 1. The summed E-state index contributed by atoms with van der Waals surface area (Å²) in [6.07, 6.45) is 0. The molecule has 0 bridgehead atoms. The molecule has 2 aromatic rings. The van der Waals surface area contributed by atoms with Gasteiger partial charge in [-0.3, -0.25) is 4.79 Å². The van der Waals surface area contributed by atoms with Crippen LogP contribution < -0.4 is 0 Å². The lowest BCUT2D eigenvalue weighted by atomic mass is 10.1. The molecule has 0 aliphatic carbocycles. The minimum absolute atomic E-state index is 0.0200. The van der Waals surface area contributed by atoms with E-state index in [1.165, 1.54) is 0 Å². The zero-order chi connectivity index (χ0) is 10.8. The van der Waals surface area contributed by atoms with Gasteiger partial charge in [0.15, 0.2) is 0 Å². The molecule has 1 N–H and O–H groups in total. The van der Waals surface area contributed by atoms with Crippen molar-refractivity contribution in [2.24, 2.45) is 0 Å². The number of aliphatic hydroxyl groups is 1. The minimum Gasteiger partial charge on any atom is -0.392 e. The highest BCUT2D eigenvalue weighted by molar-refractivity contribution is 6.67. The molecule has 0 aliphatic heterocycles. The first-order chi connectivity index (χ1) is 7.20. The van der Waals surface area contributed by atoms with Gasteiger partial charge in [-0.2, -0.15) is 0 Å². The van der Waals surface area contributed by atoms with Crippen molar-refractivity contribution in [3.05, 3.63) is 47.5 Å². The van der Waals surface area contributed by atoms with E-state index in [1.54, 1.807) is 12.1 Å². The maximum Gasteiger partial charge on any atom is 0.252 e. The molecule has 0 heterocycles. The van der Waals surface area contributed by atoms with E-state index in [0.29, 0.717) is 5.56 Å². The second-order valence-electron chi connectivity index (χ2n) is 3.33. The van der Waals surface area contributed by atoms with Crippen LogP contribution in [0.2, 0.25) is 0 Å². The van der Waals surface area contributed by atoms with Crippen LogP contribution in [0.25, 0.3) is 10.8 Å². The highest BCUT2D eigenvalue weighted by Gasteiger charge is 2.02. The molecular weight excluding hydrogens is 212 g/mol. The summed E-state index contributed by atoms with van der Waals surface area (Å²) < 4.78 is 0. The first-order valence-electron chi connectivity index (χ1n) is 4.54. The van der Waals surface area contributed by atoms with Crippen LogP contribution in [-0.4, -0.2) is 10.3 Å². The summed E-state index contributed by atoms with van der Waals surface area (Å²) in [6, 6.07) is 10.8. The van der Waals surface area contributed by atoms with Gasteiger partial charge < -0.3 is 5.11 Å². The van der Waals surface area contributed by atoms with Gasteiger partial charge in [0.25, 0.3) is 5.24 Å². The molecule has 2 aromatic carbocycles. The Balaban J connectivity index is 2.59. The Labute approximate surface area is 92.1 Å². The summed E-state index contributed by atoms with van der Waals surface area (Å²) in [5, 5.41) is 10.4. The highest BCUT2D eigenvalue weighted by atomic mass is 35.5. The van der Waals surface area contributed by atoms with E-state index >= 15 is 0 Å². The Hall–Kier alpha value is -1.38. The van der Waals surface area contributed by atoms with Crippen LogP contribution >= 0.6 is 11.6 Å². The smallest absolute Gasteiger partial charge is 0.252 e. The fourth-order valence-corrected chi connectivity index (χ4v) is 1.63. The molecule has 2 rings (SSSR count). The van der Waals surface area contributed by atoms with E-state index in [9.17, 15) is 4.79 Å². The van der Waals surface area contributed by atoms with Crippen LogP contribution in [0, 0.1) is 0 Å². The van der Waals surface area contributed by atoms with Crippen LogP contribution in [0.1, 0.15) is 15.9 Å². The number of aliphatic hydroxyl groups excluding tert-OH is 1. The van der Waals surface area contributed by atoms with Crippen molar-refractivity contribution in [2.75, 3.05) is 0 Å². The molecule has 0 aliphatic rings. The molecule has 0 fully saturated rings. The molecule has 0 saturated carbocycles. The van der Waals surface area contributed by atoms with E-state index in [2.05, 4.69) is 0 Å². The Morgan fingerprint density at radius 1 is 1.13 bits per heavy atom. The first-order valence-corrected chi connectivity index (χ1v) is 4.92. The van der Waals surface area contributed by atoms with Crippen LogP contribution in [0.3, 0.4) is 0 Å². The van der Waals surface area contributed by atoms with Crippen LogP contribution in [0.15, 0.2) is 36.4 Å². The molecule has 15 heavy (non-hydrogen) atoms. The number of rotatable bonds is 2. The van der Waals surface area contributed by atoms with Gasteiger partial charge in [0, 0.05) is 5.56 Å². The molecule has 2 nitrogen and oxygen atoms in total. The van der Waals surface area contributed by atoms with E-state index in [1.807, 2.05) is 24.3 Å². The molecule has 0 saturated heterocycles. The Morgan fingerprint density at radius 2 is 1.80 bits per heavy atom. The first kappa shape index (κ1) is 10.1. The number of benzene rings is 2. The van der Waals surface area contributed by atoms with Gasteiger partial charge in [-0.05, 0) is 46.1 Å². The minimum atomic E-state index is -0.455. The summed E-state index contributed by atoms with van der Waals surface area (Å²) in [5.41, 5.74) is 1.34. The number of hydrogen-bond donors (Lipinski definition) is 1. The normalized spacial score (nSPS) is 10.5. The Bertz CT molecular complexity index is 520. The standard InChI is InChI=1S/C12H9ClO2/c13-12(15)11-4-3-9-5-8(7-14)1-2-10(9)6-11/h1-6,14H,7H2. The topological polar surface area (TPSA) is 37.3 Å². The molecule has 0 spiro atoms. The molecule has 0 atom stereocenters. The number of halogens is 1. The lowest BCUT2D eigenvalue weighted by Gasteiger charge is -2.02. The van der Waals surface area contributed by atoms with Crippen LogP contribution in [0.4, 0.5) is 0 Å². The average molecular weight is 221 g/mol.